The van der Waals surface area contributed by atoms with Crippen molar-refractivity contribution in [2.75, 3.05) is 18.9 Å². The summed E-state index contributed by atoms with van der Waals surface area (Å²) < 4.78 is 0. The predicted octanol–water partition coefficient (Wildman–Crippen LogP) is 0.587. The van der Waals surface area contributed by atoms with Crippen molar-refractivity contribution in [3.8, 4) is 0 Å². The smallest absolute Gasteiger partial charge is 0.305 e. The first kappa shape index (κ1) is 14.6. The largest absolute Gasteiger partial charge is 0.481 e. The fourth-order valence-electron chi connectivity index (χ4n) is 1.40. The number of anilines is 1. The van der Waals surface area contributed by atoms with Crippen LogP contribution in [-0.2, 0) is 9.59 Å². The Balaban J connectivity index is 2.75. The van der Waals surface area contributed by atoms with Crippen molar-refractivity contribution in [2.45, 2.75) is 13.3 Å². The van der Waals surface area contributed by atoms with Crippen molar-refractivity contribution in [3.05, 3.63) is 23.9 Å². The molecule has 0 aliphatic heterocycles. The highest BCUT2D eigenvalue weighted by molar-refractivity contribution is 5.96. The SMILES string of the molecule is CC(=O)Nc1cc(C(=O)N(C)CCC(=O)O)ccn1. The van der Waals surface area contributed by atoms with E-state index in [-0.39, 0.29) is 30.6 Å². The minimum Gasteiger partial charge on any atom is -0.481 e. The van der Waals surface area contributed by atoms with Crippen LogP contribution in [0.3, 0.4) is 0 Å². The average Bonchev–Trinajstić information content (AvgIpc) is 2.34. The second-order valence-corrected chi connectivity index (χ2v) is 3.98. The van der Waals surface area contributed by atoms with Crippen LogP contribution in [0.1, 0.15) is 23.7 Å². The van der Waals surface area contributed by atoms with Crippen molar-refractivity contribution in [3.63, 3.8) is 0 Å². The second-order valence-electron chi connectivity index (χ2n) is 3.98. The van der Waals surface area contributed by atoms with Crippen LogP contribution < -0.4 is 5.32 Å². The molecule has 19 heavy (non-hydrogen) atoms. The maximum Gasteiger partial charge on any atom is 0.305 e. The molecule has 0 aromatic carbocycles. The van der Waals surface area contributed by atoms with E-state index in [1.165, 1.54) is 37.2 Å². The number of pyridine rings is 1. The quantitative estimate of drug-likeness (QED) is 0.811. The third-order valence-electron chi connectivity index (χ3n) is 2.32. The lowest BCUT2D eigenvalue weighted by Gasteiger charge is -2.16. The van der Waals surface area contributed by atoms with Crippen molar-refractivity contribution in [1.82, 2.24) is 9.88 Å². The number of carbonyl (C=O) groups excluding carboxylic acids is 2. The summed E-state index contributed by atoms with van der Waals surface area (Å²) in [6, 6.07) is 2.95. The van der Waals surface area contributed by atoms with E-state index in [9.17, 15) is 14.4 Å². The molecule has 0 saturated carbocycles. The molecule has 102 valence electrons. The van der Waals surface area contributed by atoms with Gasteiger partial charge in [-0.1, -0.05) is 0 Å². The van der Waals surface area contributed by atoms with E-state index in [2.05, 4.69) is 10.3 Å². The summed E-state index contributed by atoms with van der Waals surface area (Å²) in [7, 11) is 1.52. The van der Waals surface area contributed by atoms with Crippen LogP contribution in [0.15, 0.2) is 18.3 Å². The van der Waals surface area contributed by atoms with Gasteiger partial charge in [-0.2, -0.15) is 0 Å². The van der Waals surface area contributed by atoms with Crippen LogP contribution in [0.25, 0.3) is 0 Å². The highest BCUT2D eigenvalue weighted by atomic mass is 16.4. The molecule has 0 bridgehead atoms. The van der Waals surface area contributed by atoms with Gasteiger partial charge in [-0.05, 0) is 12.1 Å². The Bertz CT molecular complexity index is 502. The Morgan fingerprint density at radius 1 is 1.42 bits per heavy atom. The summed E-state index contributed by atoms with van der Waals surface area (Å²) >= 11 is 0. The number of rotatable bonds is 5. The number of carbonyl (C=O) groups is 3. The van der Waals surface area contributed by atoms with Crippen LogP contribution in [-0.4, -0.2) is 46.4 Å². The van der Waals surface area contributed by atoms with Gasteiger partial charge in [0.15, 0.2) is 0 Å². The lowest BCUT2D eigenvalue weighted by atomic mass is 10.2. The Labute approximate surface area is 110 Å². The molecule has 0 aliphatic carbocycles. The van der Waals surface area contributed by atoms with Crippen LogP contribution in [0.5, 0.6) is 0 Å². The number of carboxylic acid groups (broad SMARTS) is 1. The normalized spacial score (nSPS) is 9.79. The maximum atomic E-state index is 12.0. The number of nitrogens with zero attached hydrogens (tertiary/aromatic N) is 2. The molecule has 0 spiro atoms. The number of amides is 2. The van der Waals surface area contributed by atoms with Gasteiger partial charge < -0.3 is 15.3 Å². The van der Waals surface area contributed by atoms with Crippen LogP contribution in [0.4, 0.5) is 5.82 Å². The highest BCUT2D eigenvalue weighted by Crippen LogP contribution is 2.09. The predicted molar refractivity (Wildman–Crippen MR) is 67.8 cm³/mol. The van der Waals surface area contributed by atoms with E-state index in [1.54, 1.807) is 0 Å². The zero-order valence-electron chi connectivity index (χ0n) is 10.7. The molecule has 0 unspecified atom stereocenters. The van der Waals surface area contributed by atoms with E-state index in [0.717, 1.165) is 0 Å². The molecule has 0 radical (unpaired) electrons. The Kier molecular flexibility index (Phi) is 4.99. The fraction of sp³-hybridized carbons (Fsp3) is 0.333. The summed E-state index contributed by atoms with van der Waals surface area (Å²) in [5, 5.41) is 11.0. The Hall–Kier alpha value is -2.44. The van der Waals surface area contributed by atoms with Crippen molar-refractivity contribution in [2.24, 2.45) is 0 Å². The lowest BCUT2D eigenvalue weighted by Crippen LogP contribution is -2.29. The van der Waals surface area contributed by atoms with Gasteiger partial charge >= 0.3 is 5.97 Å². The van der Waals surface area contributed by atoms with E-state index in [4.69, 9.17) is 5.11 Å². The molecule has 1 aromatic rings. The summed E-state index contributed by atoms with van der Waals surface area (Å²) in [4.78, 5) is 38.5. The van der Waals surface area contributed by atoms with E-state index in [0.29, 0.717) is 5.56 Å². The summed E-state index contributed by atoms with van der Waals surface area (Å²) in [6.07, 6.45) is 1.29. The molecule has 1 heterocycles. The molecule has 7 nitrogen and oxygen atoms in total. The lowest BCUT2D eigenvalue weighted by molar-refractivity contribution is -0.137. The van der Waals surface area contributed by atoms with Gasteiger partial charge in [0.1, 0.15) is 5.82 Å². The minimum absolute atomic E-state index is 0.117. The van der Waals surface area contributed by atoms with Gasteiger partial charge in [0.05, 0.1) is 6.42 Å². The number of carboxylic acids is 1. The van der Waals surface area contributed by atoms with Gasteiger partial charge in [-0.15, -0.1) is 0 Å². The Morgan fingerprint density at radius 2 is 2.11 bits per heavy atom. The monoisotopic (exact) mass is 265 g/mol. The summed E-state index contributed by atoms with van der Waals surface area (Å²) in [6.45, 7) is 1.46. The Morgan fingerprint density at radius 3 is 2.68 bits per heavy atom. The fourth-order valence-corrected chi connectivity index (χ4v) is 1.40. The molecule has 0 saturated heterocycles. The van der Waals surface area contributed by atoms with Crippen LogP contribution in [0, 0.1) is 0 Å². The van der Waals surface area contributed by atoms with Crippen LogP contribution in [0.2, 0.25) is 0 Å². The number of hydrogen-bond donors (Lipinski definition) is 2. The minimum atomic E-state index is -0.965. The van der Waals surface area contributed by atoms with Gasteiger partial charge in [0, 0.05) is 32.3 Å². The molecule has 1 rings (SSSR count). The molecule has 0 aliphatic rings. The first-order valence-electron chi connectivity index (χ1n) is 5.61. The first-order valence-corrected chi connectivity index (χ1v) is 5.61. The third-order valence-corrected chi connectivity index (χ3v) is 2.32. The zero-order chi connectivity index (χ0) is 14.4. The molecular formula is C12H15N3O4. The van der Waals surface area contributed by atoms with Gasteiger partial charge in [0.25, 0.3) is 5.91 Å². The van der Waals surface area contributed by atoms with E-state index >= 15 is 0 Å². The molecule has 2 amide bonds. The number of hydrogen-bond acceptors (Lipinski definition) is 4. The zero-order valence-corrected chi connectivity index (χ0v) is 10.7. The molecule has 7 heteroatoms. The third kappa shape index (κ3) is 4.74. The van der Waals surface area contributed by atoms with Crippen LogP contribution >= 0.6 is 0 Å². The standard InChI is InChI=1S/C12H15N3O4/c1-8(16)14-10-7-9(3-5-13-10)12(19)15(2)6-4-11(17)18/h3,5,7H,4,6H2,1-2H3,(H,17,18)(H,13,14,16). The van der Waals surface area contributed by atoms with Gasteiger partial charge in [-0.25, -0.2) is 4.98 Å². The maximum absolute atomic E-state index is 12.0. The number of aromatic nitrogens is 1. The molecule has 2 N–H and O–H groups in total. The molecule has 0 fully saturated rings. The van der Waals surface area contributed by atoms with E-state index in [1.807, 2.05) is 0 Å². The van der Waals surface area contributed by atoms with Crippen molar-refractivity contribution < 1.29 is 19.5 Å². The average molecular weight is 265 g/mol. The topological polar surface area (TPSA) is 99.6 Å². The number of nitrogens with one attached hydrogen (secondary N) is 1. The van der Waals surface area contributed by atoms with E-state index < -0.39 is 5.97 Å². The first-order chi connectivity index (χ1) is 8.90. The molecule has 1 aromatic heterocycles. The summed E-state index contributed by atoms with van der Waals surface area (Å²) in [5.41, 5.74) is 0.339. The molecular weight excluding hydrogens is 250 g/mol. The van der Waals surface area contributed by atoms with Crippen molar-refractivity contribution >= 4 is 23.6 Å². The van der Waals surface area contributed by atoms with Crippen molar-refractivity contribution in [1.29, 1.82) is 0 Å². The summed E-state index contributed by atoms with van der Waals surface area (Å²) in [5.74, 6) is -1.29. The second kappa shape index (κ2) is 6.48. The number of aliphatic carboxylic acids is 1. The van der Waals surface area contributed by atoms with Gasteiger partial charge in [0.2, 0.25) is 5.91 Å². The van der Waals surface area contributed by atoms with Gasteiger partial charge in [-0.3, -0.25) is 14.4 Å². The highest BCUT2D eigenvalue weighted by Gasteiger charge is 2.13. The molecule has 0 atom stereocenters.